The third-order valence-corrected chi connectivity index (χ3v) is 14.7. The number of amides is 1. The number of aryl methyl sites for hydroxylation is 4. The maximum Gasteiger partial charge on any atom is 0.416 e. The Bertz CT molecular complexity index is 3080. The lowest BCUT2D eigenvalue weighted by Crippen LogP contribution is -2.31. The van der Waals surface area contributed by atoms with Gasteiger partial charge < -0.3 is 20.2 Å². The highest BCUT2D eigenvalue weighted by Gasteiger charge is 2.35. The molecule has 2 aromatic carbocycles. The minimum absolute atomic E-state index is 0.0128. The summed E-state index contributed by atoms with van der Waals surface area (Å²) in [5, 5.41) is 13.4. The lowest BCUT2D eigenvalue weighted by molar-refractivity contribution is -0.138. The van der Waals surface area contributed by atoms with Crippen LogP contribution in [0.25, 0.3) is 33.4 Å². The van der Waals surface area contributed by atoms with Crippen molar-refractivity contribution in [3.8, 4) is 11.4 Å². The van der Waals surface area contributed by atoms with Gasteiger partial charge in [-0.1, -0.05) is 23.3 Å². The lowest BCUT2D eigenvalue weighted by Gasteiger charge is -2.28. The molecule has 0 radical (unpaired) electrons. The number of fused-ring (bicyclic) bond motifs is 2. The van der Waals surface area contributed by atoms with Gasteiger partial charge in [0.1, 0.15) is 23.3 Å². The van der Waals surface area contributed by atoms with Crippen LogP contribution in [0.5, 0.6) is 0 Å². The highest BCUT2D eigenvalue weighted by molar-refractivity contribution is 9.11. The van der Waals surface area contributed by atoms with Gasteiger partial charge in [-0.25, -0.2) is 19.9 Å². The van der Waals surface area contributed by atoms with E-state index >= 15 is 0 Å². The lowest BCUT2D eigenvalue weighted by atomic mass is 10.0. The number of benzene rings is 2. The molecule has 0 bridgehead atoms. The number of carbonyl (C=O) groups is 2. The molecule has 4 aromatic heterocycles. The van der Waals surface area contributed by atoms with Gasteiger partial charge in [0, 0.05) is 68.9 Å². The van der Waals surface area contributed by atoms with Crippen LogP contribution in [0, 0.1) is 41.5 Å². The molecule has 366 valence electrons. The van der Waals surface area contributed by atoms with E-state index in [-0.39, 0.29) is 21.3 Å². The average molecular weight is 1220 g/mol. The molecule has 6 heterocycles. The van der Waals surface area contributed by atoms with Gasteiger partial charge in [0.2, 0.25) is 5.91 Å². The first-order chi connectivity index (χ1) is 32.3. The number of hydrogen-bond donors (Lipinski definition) is 2. The van der Waals surface area contributed by atoms with E-state index < -0.39 is 29.4 Å². The quantitative estimate of drug-likeness (QED) is 0.113. The minimum Gasteiger partial charge on any atom is -0.481 e. The predicted octanol–water partition coefficient (Wildman–Crippen LogP) is 12.7. The Hall–Kier alpha value is -4.80. The van der Waals surface area contributed by atoms with Crippen LogP contribution in [0.15, 0.2) is 65.5 Å². The second-order valence-electron chi connectivity index (χ2n) is 16.8. The van der Waals surface area contributed by atoms with Crippen molar-refractivity contribution >= 4 is 109 Å². The molecule has 22 heteroatoms. The molecule has 0 atom stereocenters. The first kappa shape index (κ1) is 52.0. The second-order valence-corrected chi connectivity index (χ2v) is 20.2. The Labute approximate surface area is 426 Å². The number of anilines is 2. The second kappa shape index (κ2) is 20.1. The molecule has 2 N–H and O–H groups in total. The van der Waals surface area contributed by atoms with Crippen molar-refractivity contribution in [1.29, 1.82) is 0 Å². The number of rotatable bonds is 8. The van der Waals surface area contributed by atoms with Crippen LogP contribution >= 0.6 is 63.7 Å². The van der Waals surface area contributed by atoms with Crippen LogP contribution in [0.1, 0.15) is 71.0 Å². The van der Waals surface area contributed by atoms with Gasteiger partial charge in [0.05, 0.1) is 39.7 Å². The van der Waals surface area contributed by atoms with Gasteiger partial charge in [-0.3, -0.25) is 18.7 Å². The molecule has 6 aromatic rings. The summed E-state index contributed by atoms with van der Waals surface area (Å²) >= 11 is 13.4. The van der Waals surface area contributed by atoms with E-state index in [1.54, 1.807) is 20.9 Å². The van der Waals surface area contributed by atoms with Crippen molar-refractivity contribution in [2.45, 2.75) is 79.6 Å². The molecule has 0 spiro atoms. The Morgan fingerprint density at radius 3 is 1.29 bits per heavy atom. The number of carboxylic acids is 1. The molecule has 69 heavy (non-hydrogen) atoms. The standard InChI is InChI=1S/C24H24Br2F3N5O.C23H21Br2F3N4O2/c1-12-13(2)34(21-17(25)10-16(11-18(21)26)24(27,28)29)23-20(12)22(31-14(3)32-23)33-7-5-15(6-8-33)9-19(35)30-4;1-11-12(2)32(20-16(24)9-15(10-17(20)25)23(26,27)28)22-19(11)21(29-13(3)30-22)31-6-4-14(5-7-31)8-18(33)34/h5,10-11H,6-9H2,1-4H3,(H,30,35);4,9-10H,5-8H2,1-3H3,(H,33,34). The molecular formula is C47H45Br4F6N9O3. The molecule has 12 nitrogen and oxygen atoms in total. The molecule has 0 aliphatic carbocycles. The minimum atomic E-state index is -4.47. The SMILES string of the molecule is CNC(=O)CC1=CCN(c2nc(C)nc3c2c(C)c(C)n3-c2c(Br)cc(C(F)(F)F)cc2Br)CC1.Cc1nc(N2CC=C(CC(=O)O)CC2)c2c(C)c(C)n(-c3c(Br)cc(C(F)(F)F)cc3Br)c2n1. The highest BCUT2D eigenvalue weighted by Crippen LogP contribution is 2.44. The van der Waals surface area contributed by atoms with Gasteiger partial charge in [-0.2, -0.15) is 26.3 Å². The number of halogens is 10. The Morgan fingerprint density at radius 2 is 0.986 bits per heavy atom. The zero-order valence-corrected chi connectivity index (χ0v) is 44.6. The zero-order chi connectivity index (χ0) is 50.6. The number of carbonyl (C=O) groups excluding carboxylic acids is 1. The molecule has 2 aliphatic rings. The van der Waals surface area contributed by atoms with Crippen molar-refractivity contribution in [3.05, 3.63) is 111 Å². The average Bonchev–Trinajstić information content (AvgIpc) is 3.65. The summed E-state index contributed by atoms with van der Waals surface area (Å²) in [4.78, 5) is 45.8. The van der Waals surface area contributed by atoms with E-state index in [4.69, 9.17) is 20.1 Å². The molecule has 0 fully saturated rings. The fraction of sp³-hybridized carbons (Fsp3) is 0.362. The van der Waals surface area contributed by atoms with Crippen LogP contribution in [-0.2, 0) is 21.9 Å². The molecule has 2 aliphatic heterocycles. The van der Waals surface area contributed by atoms with Crippen LogP contribution in [0.2, 0.25) is 0 Å². The van der Waals surface area contributed by atoms with E-state index in [0.29, 0.717) is 82.3 Å². The summed E-state index contributed by atoms with van der Waals surface area (Å²) in [5.74, 6) is 1.73. The Balaban J connectivity index is 0.000000204. The Kier molecular flexibility index (Phi) is 15.2. The smallest absolute Gasteiger partial charge is 0.416 e. The summed E-state index contributed by atoms with van der Waals surface area (Å²) in [6, 6.07) is 4.29. The summed E-state index contributed by atoms with van der Waals surface area (Å²) < 4.78 is 84.9. The number of nitrogens with one attached hydrogen (secondary N) is 1. The van der Waals surface area contributed by atoms with Gasteiger partial charge in [0.15, 0.2) is 11.3 Å². The monoisotopic (exact) mass is 1210 g/mol. The largest absolute Gasteiger partial charge is 0.481 e. The number of alkyl halides is 6. The van der Waals surface area contributed by atoms with Gasteiger partial charge in [-0.15, -0.1) is 0 Å². The maximum atomic E-state index is 13.3. The first-order valence-corrected chi connectivity index (χ1v) is 24.6. The number of nitrogens with zero attached hydrogens (tertiary/aromatic N) is 8. The maximum absolute atomic E-state index is 13.3. The van der Waals surface area contributed by atoms with Crippen molar-refractivity contribution in [1.82, 2.24) is 34.4 Å². The summed E-state index contributed by atoms with van der Waals surface area (Å²) in [6.45, 7) is 13.7. The number of aromatic nitrogens is 6. The van der Waals surface area contributed by atoms with Crippen LogP contribution in [0.3, 0.4) is 0 Å². The van der Waals surface area contributed by atoms with Gasteiger partial charge in [-0.05, 0) is 153 Å². The molecule has 8 rings (SSSR count). The van der Waals surface area contributed by atoms with Crippen molar-refractivity contribution in [3.63, 3.8) is 0 Å². The van der Waals surface area contributed by atoms with E-state index in [9.17, 15) is 35.9 Å². The Morgan fingerprint density at radius 1 is 0.623 bits per heavy atom. The highest BCUT2D eigenvalue weighted by atomic mass is 79.9. The van der Waals surface area contributed by atoms with E-state index in [1.807, 2.05) is 42.9 Å². The van der Waals surface area contributed by atoms with E-state index in [2.05, 4.69) is 89.9 Å². The van der Waals surface area contributed by atoms with Gasteiger partial charge >= 0.3 is 18.3 Å². The number of hydrogen-bond acceptors (Lipinski definition) is 8. The first-order valence-electron chi connectivity index (χ1n) is 21.4. The molecular weight excluding hydrogens is 1170 g/mol. The molecule has 0 saturated carbocycles. The fourth-order valence-electron chi connectivity index (χ4n) is 8.60. The molecule has 0 unspecified atom stereocenters. The van der Waals surface area contributed by atoms with Crippen LogP contribution in [-0.4, -0.2) is 79.3 Å². The molecule has 1 amide bonds. The summed E-state index contributed by atoms with van der Waals surface area (Å²) in [6.07, 6.45) is -3.19. The van der Waals surface area contributed by atoms with E-state index in [1.165, 1.54) is 0 Å². The summed E-state index contributed by atoms with van der Waals surface area (Å²) in [7, 11) is 1.63. The third-order valence-electron chi connectivity index (χ3n) is 12.3. The zero-order valence-electron chi connectivity index (χ0n) is 38.2. The fourth-order valence-corrected chi connectivity index (χ4v) is 11.7. The normalized spacial score (nSPS) is 14.5. The summed E-state index contributed by atoms with van der Waals surface area (Å²) in [5.41, 5.74) is 6.32. The van der Waals surface area contributed by atoms with Crippen molar-refractivity contribution in [2.24, 2.45) is 0 Å². The third kappa shape index (κ3) is 10.6. The van der Waals surface area contributed by atoms with E-state index in [0.717, 1.165) is 86.8 Å². The van der Waals surface area contributed by atoms with Crippen molar-refractivity contribution < 1.29 is 41.0 Å². The topological polar surface area (TPSA) is 134 Å². The van der Waals surface area contributed by atoms with Crippen LogP contribution < -0.4 is 15.1 Å². The number of carboxylic acid groups (broad SMARTS) is 1. The molecule has 0 saturated heterocycles. The van der Waals surface area contributed by atoms with Crippen LogP contribution in [0.4, 0.5) is 38.0 Å². The number of aliphatic carboxylic acids is 1. The van der Waals surface area contributed by atoms with Crippen molar-refractivity contribution in [2.75, 3.05) is 43.0 Å². The predicted molar refractivity (Wildman–Crippen MR) is 268 cm³/mol. The van der Waals surface area contributed by atoms with Gasteiger partial charge in [0.25, 0.3) is 0 Å².